The topological polar surface area (TPSA) is 55.4 Å². The first-order valence-corrected chi connectivity index (χ1v) is 7.20. The van der Waals surface area contributed by atoms with Crippen LogP contribution in [-0.2, 0) is 4.79 Å². The molecule has 1 aliphatic rings. The average molecular weight is 275 g/mol. The summed E-state index contributed by atoms with van der Waals surface area (Å²) in [5.74, 6) is -0.301. The van der Waals surface area contributed by atoms with Gasteiger partial charge in [0.05, 0.1) is 7.11 Å². The number of benzene rings is 1. The molecule has 1 aromatic rings. The van der Waals surface area contributed by atoms with Crippen LogP contribution in [0.25, 0.3) is 0 Å². The normalized spacial score (nSPS) is 16.2. The average Bonchev–Trinajstić information content (AvgIpc) is 2.75. The standard InChI is InChI=1S/C16H21NO3/c1-20-14-10-8-12(9-11-14)15(18)16(19)17-13-6-4-2-3-5-7-13/h8-11,13H,2-7H2,1H3,(H,17,19). The van der Waals surface area contributed by atoms with Gasteiger partial charge in [0.15, 0.2) is 0 Å². The largest absolute Gasteiger partial charge is 0.497 e. The summed E-state index contributed by atoms with van der Waals surface area (Å²) < 4.78 is 5.03. The van der Waals surface area contributed by atoms with E-state index >= 15 is 0 Å². The summed E-state index contributed by atoms with van der Waals surface area (Å²) in [6.07, 6.45) is 6.64. The Balaban J connectivity index is 1.94. The minimum atomic E-state index is -0.498. The number of nitrogens with one attached hydrogen (secondary N) is 1. The molecule has 1 amide bonds. The van der Waals surface area contributed by atoms with Gasteiger partial charge in [0.25, 0.3) is 5.91 Å². The van der Waals surface area contributed by atoms with E-state index in [2.05, 4.69) is 5.32 Å². The molecule has 0 spiro atoms. The van der Waals surface area contributed by atoms with Crippen molar-refractivity contribution in [2.75, 3.05) is 7.11 Å². The first-order valence-electron chi connectivity index (χ1n) is 7.20. The molecule has 1 fully saturated rings. The highest BCUT2D eigenvalue weighted by Crippen LogP contribution is 2.17. The highest BCUT2D eigenvalue weighted by Gasteiger charge is 2.20. The van der Waals surface area contributed by atoms with Crippen LogP contribution in [0, 0.1) is 0 Å². The molecular formula is C16H21NO3. The van der Waals surface area contributed by atoms with E-state index in [1.165, 1.54) is 12.8 Å². The summed E-state index contributed by atoms with van der Waals surface area (Å²) in [7, 11) is 1.57. The molecule has 20 heavy (non-hydrogen) atoms. The monoisotopic (exact) mass is 275 g/mol. The summed E-state index contributed by atoms with van der Waals surface area (Å²) in [5.41, 5.74) is 0.400. The van der Waals surface area contributed by atoms with Crippen LogP contribution in [0.5, 0.6) is 5.75 Å². The van der Waals surface area contributed by atoms with Crippen molar-refractivity contribution in [3.63, 3.8) is 0 Å². The number of Topliss-reactive ketones (excluding diaryl/α,β-unsaturated/α-hetero) is 1. The van der Waals surface area contributed by atoms with Crippen LogP contribution in [0.15, 0.2) is 24.3 Å². The maximum atomic E-state index is 12.1. The van der Waals surface area contributed by atoms with Crippen LogP contribution in [-0.4, -0.2) is 24.8 Å². The molecule has 4 heteroatoms. The van der Waals surface area contributed by atoms with Gasteiger partial charge in [-0.25, -0.2) is 0 Å². The van der Waals surface area contributed by atoms with Crippen LogP contribution in [0.4, 0.5) is 0 Å². The Morgan fingerprint density at radius 1 is 1.05 bits per heavy atom. The first-order chi connectivity index (χ1) is 9.70. The predicted octanol–water partition coefficient (Wildman–Crippen LogP) is 2.72. The first kappa shape index (κ1) is 14.6. The van der Waals surface area contributed by atoms with Gasteiger partial charge < -0.3 is 10.1 Å². The van der Waals surface area contributed by atoms with Crippen LogP contribution < -0.4 is 10.1 Å². The van der Waals surface area contributed by atoms with Gasteiger partial charge in [0, 0.05) is 11.6 Å². The van der Waals surface area contributed by atoms with E-state index < -0.39 is 11.7 Å². The van der Waals surface area contributed by atoms with Crippen molar-refractivity contribution in [3.05, 3.63) is 29.8 Å². The zero-order valence-corrected chi connectivity index (χ0v) is 11.9. The fourth-order valence-corrected chi connectivity index (χ4v) is 2.55. The summed E-state index contributed by atoms with van der Waals surface area (Å²) in [4.78, 5) is 24.0. The maximum absolute atomic E-state index is 12.1. The zero-order chi connectivity index (χ0) is 14.4. The third-order valence-corrected chi connectivity index (χ3v) is 3.75. The number of carbonyl (C=O) groups is 2. The van der Waals surface area contributed by atoms with Gasteiger partial charge in [-0.05, 0) is 37.1 Å². The SMILES string of the molecule is COc1ccc(C(=O)C(=O)NC2CCCCCC2)cc1. The smallest absolute Gasteiger partial charge is 0.292 e. The summed E-state index contributed by atoms with van der Waals surface area (Å²) in [6.45, 7) is 0. The molecule has 0 radical (unpaired) electrons. The van der Waals surface area contributed by atoms with Crippen molar-refractivity contribution in [3.8, 4) is 5.75 Å². The van der Waals surface area contributed by atoms with Crippen molar-refractivity contribution in [2.24, 2.45) is 0 Å². The summed E-state index contributed by atoms with van der Waals surface area (Å²) in [5, 5.41) is 2.87. The van der Waals surface area contributed by atoms with Crippen molar-refractivity contribution in [2.45, 2.75) is 44.6 Å². The molecule has 0 aromatic heterocycles. The van der Waals surface area contributed by atoms with Gasteiger partial charge >= 0.3 is 0 Å². The van der Waals surface area contributed by atoms with Gasteiger partial charge in [-0.3, -0.25) is 9.59 Å². The van der Waals surface area contributed by atoms with E-state index in [0.29, 0.717) is 11.3 Å². The van der Waals surface area contributed by atoms with E-state index in [4.69, 9.17) is 4.74 Å². The Bertz CT molecular complexity index is 459. The maximum Gasteiger partial charge on any atom is 0.292 e. The Hall–Kier alpha value is -1.84. The summed E-state index contributed by atoms with van der Waals surface area (Å²) in [6, 6.07) is 6.76. The number of carbonyl (C=O) groups excluding carboxylic acids is 2. The Morgan fingerprint density at radius 3 is 2.20 bits per heavy atom. The molecular weight excluding hydrogens is 254 g/mol. The number of rotatable bonds is 4. The molecule has 1 N–H and O–H groups in total. The van der Waals surface area contributed by atoms with Crippen molar-refractivity contribution < 1.29 is 14.3 Å². The van der Waals surface area contributed by atoms with Gasteiger partial charge in [0.1, 0.15) is 5.75 Å². The number of hydrogen-bond donors (Lipinski definition) is 1. The van der Waals surface area contributed by atoms with E-state index in [-0.39, 0.29) is 6.04 Å². The van der Waals surface area contributed by atoms with Crippen LogP contribution in [0.3, 0.4) is 0 Å². The number of ether oxygens (including phenoxy) is 1. The van der Waals surface area contributed by atoms with Crippen molar-refractivity contribution in [1.29, 1.82) is 0 Å². The molecule has 2 rings (SSSR count). The highest BCUT2D eigenvalue weighted by atomic mass is 16.5. The lowest BCUT2D eigenvalue weighted by Crippen LogP contribution is -2.39. The number of hydrogen-bond acceptors (Lipinski definition) is 3. The van der Waals surface area contributed by atoms with Gasteiger partial charge in [0.2, 0.25) is 5.78 Å². The van der Waals surface area contributed by atoms with E-state index in [1.807, 2.05) is 0 Å². The molecule has 1 aromatic carbocycles. The molecule has 0 unspecified atom stereocenters. The lowest BCUT2D eigenvalue weighted by atomic mass is 10.1. The fourth-order valence-electron chi connectivity index (χ4n) is 2.55. The number of ketones is 1. The van der Waals surface area contributed by atoms with Gasteiger partial charge in [-0.2, -0.15) is 0 Å². The quantitative estimate of drug-likeness (QED) is 0.522. The van der Waals surface area contributed by atoms with Crippen molar-refractivity contribution in [1.82, 2.24) is 5.32 Å². The predicted molar refractivity (Wildman–Crippen MR) is 77.0 cm³/mol. The molecule has 0 heterocycles. The molecule has 0 bridgehead atoms. The molecule has 0 saturated heterocycles. The number of methoxy groups -OCH3 is 1. The third kappa shape index (κ3) is 3.83. The summed E-state index contributed by atoms with van der Waals surface area (Å²) >= 11 is 0. The molecule has 1 aliphatic carbocycles. The second kappa shape index (κ2) is 7.08. The lowest BCUT2D eigenvalue weighted by molar-refractivity contribution is -0.117. The second-order valence-electron chi connectivity index (χ2n) is 5.22. The van der Waals surface area contributed by atoms with Crippen molar-refractivity contribution >= 4 is 11.7 Å². The van der Waals surface area contributed by atoms with E-state index in [1.54, 1.807) is 31.4 Å². The van der Waals surface area contributed by atoms with E-state index in [9.17, 15) is 9.59 Å². The third-order valence-electron chi connectivity index (χ3n) is 3.75. The number of amides is 1. The minimum Gasteiger partial charge on any atom is -0.497 e. The zero-order valence-electron chi connectivity index (χ0n) is 11.9. The molecule has 0 atom stereocenters. The van der Waals surface area contributed by atoms with Crippen LogP contribution >= 0.6 is 0 Å². The minimum absolute atomic E-state index is 0.146. The molecule has 1 saturated carbocycles. The molecule has 4 nitrogen and oxygen atoms in total. The van der Waals surface area contributed by atoms with Crippen LogP contribution in [0.1, 0.15) is 48.9 Å². The van der Waals surface area contributed by atoms with E-state index in [0.717, 1.165) is 25.7 Å². The molecule has 108 valence electrons. The second-order valence-corrected chi connectivity index (χ2v) is 5.22. The van der Waals surface area contributed by atoms with Gasteiger partial charge in [-0.15, -0.1) is 0 Å². The van der Waals surface area contributed by atoms with Crippen LogP contribution in [0.2, 0.25) is 0 Å². The fraction of sp³-hybridized carbons (Fsp3) is 0.500. The Labute approximate surface area is 119 Å². The highest BCUT2D eigenvalue weighted by molar-refractivity contribution is 6.42. The lowest BCUT2D eigenvalue weighted by Gasteiger charge is -2.15. The Morgan fingerprint density at radius 2 is 1.65 bits per heavy atom. The van der Waals surface area contributed by atoms with Gasteiger partial charge in [-0.1, -0.05) is 25.7 Å². The Kier molecular flexibility index (Phi) is 5.16. The molecule has 0 aliphatic heterocycles.